The number of alkyl halides is 3. The van der Waals surface area contributed by atoms with Crippen molar-refractivity contribution < 1.29 is 85.6 Å². The Bertz CT molecular complexity index is 1850. The van der Waals surface area contributed by atoms with E-state index in [9.17, 15) is 0 Å². The summed E-state index contributed by atoms with van der Waals surface area (Å²) in [6, 6.07) is 25.9. The number of nitrogens with zero attached hydrogens (tertiary/aromatic N) is 6. The standard InChI is InChI=1S/3C11H12IN2S.3HI/c3*1-7-10(12)14-9-6-4-3-5-8(9)13(2)11(14)15-7;;;/h3*3-7,10H,1-2H3;3*1H/q3*+1;;;/p-3. The van der Waals surface area contributed by atoms with Crippen LogP contribution in [0.25, 0.3) is 33.1 Å². The molecule has 0 fully saturated rings. The maximum atomic E-state index is 2.54. The number of aryl methyl sites for hydroxylation is 3. The maximum Gasteiger partial charge on any atom is 0.320 e. The van der Waals surface area contributed by atoms with Gasteiger partial charge in [-0.25, -0.2) is 27.4 Å². The van der Waals surface area contributed by atoms with Crippen LogP contribution in [0, 0.1) is 0 Å². The third-order valence-corrected chi connectivity index (χ3v) is 19.1. The van der Waals surface area contributed by atoms with Crippen LogP contribution in [0.3, 0.4) is 0 Å². The summed E-state index contributed by atoms with van der Waals surface area (Å²) in [4.78, 5) is 0. The number of benzene rings is 3. The zero-order valence-electron chi connectivity index (χ0n) is 27.1. The van der Waals surface area contributed by atoms with Crippen molar-refractivity contribution in [3.8, 4) is 0 Å². The highest BCUT2D eigenvalue weighted by atomic mass is 127. The monoisotopic (exact) mass is 1370 g/mol. The summed E-state index contributed by atoms with van der Waals surface area (Å²) in [5.74, 6) is 0. The number of aromatic nitrogens is 6. The zero-order valence-corrected chi connectivity index (χ0v) is 42.5. The summed E-state index contributed by atoms with van der Waals surface area (Å²) in [6.07, 6.45) is 0. The number of hydrogen-bond donors (Lipinski definition) is 0. The summed E-state index contributed by atoms with van der Waals surface area (Å²) >= 11 is 13.5. The fourth-order valence-corrected chi connectivity index (χ4v) is 13.4. The molecule has 0 amide bonds. The van der Waals surface area contributed by atoms with Gasteiger partial charge in [-0.2, -0.15) is 0 Å². The first kappa shape index (κ1) is 42.2. The number of hydrogen-bond acceptors (Lipinski definition) is 3. The second-order valence-electron chi connectivity index (χ2n) is 11.7. The van der Waals surface area contributed by atoms with Crippen LogP contribution in [0.4, 0.5) is 0 Å². The van der Waals surface area contributed by atoms with Crippen LogP contribution in [0.5, 0.6) is 0 Å². The van der Waals surface area contributed by atoms with Crippen molar-refractivity contribution in [3.05, 3.63) is 72.8 Å². The smallest absolute Gasteiger partial charge is 0.320 e. The van der Waals surface area contributed by atoms with Crippen LogP contribution < -0.4 is 85.6 Å². The van der Waals surface area contributed by atoms with Crippen molar-refractivity contribution in [2.24, 2.45) is 21.1 Å². The van der Waals surface area contributed by atoms with E-state index in [1.807, 2.05) is 35.3 Å². The van der Waals surface area contributed by atoms with Crippen LogP contribution in [0.2, 0.25) is 0 Å². The van der Waals surface area contributed by atoms with Gasteiger partial charge in [0.2, 0.25) is 0 Å². The molecule has 3 aromatic heterocycles. The molecule has 0 bridgehead atoms. The van der Waals surface area contributed by atoms with Gasteiger partial charge < -0.3 is 71.9 Å². The molecule has 0 aliphatic carbocycles. The van der Waals surface area contributed by atoms with E-state index >= 15 is 0 Å². The molecule has 6 unspecified atom stereocenters. The fraction of sp³-hybridized carbons (Fsp3) is 0.364. The Labute approximate surface area is 387 Å². The second-order valence-corrected chi connectivity index (χ2v) is 19.5. The number of para-hydroxylation sites is 6. The molecule has 0 N–H and O–H groups in total. The van der Waals surface area contributed by atoms with Gasteiger partial charge in [-0.1, -0.05) is 36.4 Å². The minimum atomic E-state index is 0. The van der Waals surface area contributed by atoms with E-state index in [1.54, 1.807) is 0 Å². The van der Waals surface area contributed by atoms with Crippen molar-refractivity contribution in [1.82, 2.24) is 13.7 Å². The van der Waals surface area contributed by atoms with Gasteiger partial charge in [-0.15, -0.1) is 0 Å². The number of thioether (sulfide) groups is 3. The molecule has 6 heterocycles. The van der Waals surface area contributed by atoms with E-state index in [0.29, 0.717) is 27.9 Å². The van der Waals surface area contributed by atoms with E-state index < -0.39 is 0 Å². The summed E-state index contributed by atoms with van der Waals surface area (Å²) in [6.45, 7) is 6.89. The Morgan fingerprint density at radius 1 is 0.458 bits per heavy atom. The second kappa shape index (κ2) is 17.3. The number of imidazole rings is 3. The van der Waals surface area contributed by atoms with Gasteiger partial charge in [0.1, 0.15) is 0 Å². The molecule has 6 aromatic rings. The Balaban J connectivity index is 0.000000158. The molecule has 48 heavy (non-hydrogen) atoms. The molecule has 3 aliphatic rings. The normalized spacial score (nSPS) is 23.2. The average Bonchev–Trinajstić information content (AvgIpc) is 3.83. The molecule has 6 nitrogen and oxygen atoms in total. The minimum absolute atomic E-state index is 0. The van der Waals surface area contributed by atoms with Gasteiger partial charge in [0.15, 0.2) is 45.2 Å². The molecular weight excluding hydrogens is 1340 g/mol. The van der Waals surface area contributed by atoms with Gasteiger partial charge in [0, 0.05) is 0 Å². The predicted molar refractivity (Wildman–Crippen MR) is 214 cm³/mol. The molecule has 3 aliphatic heterocycles. The lowest BCUT2D eigenvalue weighted by atomic mass is 10.3. The summed E-state index contributed by atoms with van der Waals surface area (Å²) in [5.41, 5.74) is 8.04. The Morgan fingerprint density at radius 3 is 0.938 bits per heavy atom. The first-order valence-corrected chi connectivity index (χ1v) is 21.4. The first-order valence-electron chi connectivity index (χ1n) is 15.0. The molecular formula is C33H36I6N6S3. The SMILES string of the molecule is CC1Sc2n(c3ccccc3[n+]2C)C1I.CC1Sc2n(c3ccccc3[n+]2C)C1I.CC1Sc2n(c3ccccc3[n+]2C)C1I.[I-].[I-].[I-]. The molecule has 9 rings (SSSR count). The molecule has 0 saturated heterocycles. The van der Waals surface area contributed by atoms with Gasteiger partial charge in [-0.3, -0.25) is 0 Å². The molecule has 0 radical (unpaired) electrons. The van der Waals surface area contributed by atoms with Crippen LogP contribution in [-0.2, 0) is 21.1 Å². The van der Waals surface area contributed by atoms with Gasteiger partial charge in [-0.05, 0) is 160 Å². The van der Waals surface area contributed by atoms with Crippen molar-refractivity contribution in [3.63, 3.8) is 0 Å². The van der Waals surface area contributed by atoms with Gasteiger partial charge in [0.25, 0.3) is 0 Å². The third kappa shape index (κ3) is 7.31. The summed E-state index contributed by atoms with van der Waals surface area (Å²) < 4.78 is 15.9. The summed E-state index contributed by atoms with van der Waals surface area (Å²) in [7, 11) is 6.47. The van der Waals surface area contributed by atoms with Gasteiger partial charge in [0.05, 0.1) is 36.9 Å². The third-order valence-electron chi connectivity index (χ3n) is 8.76. The Kier molecular flexibility index (Phi) is 15.2. The summed E-state index contributed by atoms with van der Waals surface area (Å²) in [5, 5.41) is 6.12. The maximum absolute atomic E-state index is 2.54. The van der Waals surface area contributed by atoms with E-state index in [2.05, 4.69) is 210 Å². The quantitative estimate of drug-likeness (QED) is 0.119. The van der Waals surface area contributed by atoms with Crippen molar-refractivity contribution >= 4 is 136 Å². The van der Waals surface area contributed by atoms with Crippen LogP contribution in [0.1, 0.15) is 32.9 Å². The van der Waals surface area contributed by atoms with Crippen LogP contribution >= 0.6 is 103 Å². The predicted octanol–water partition coefficient (Wildman–Crippen LogP) is -0.307. The molecule has 0 saturated carbocycles. The topological polar surface area (TPSA) is 26.4 Å². The molecule has 0 spiro atoms. The Hall–Kier alpha value is 1.50. The minimum Gasteiger partial charge on any atom is -1.00 e. The van der Waals surface area contributed by atoms with E-state index in [4.69, 9.17) is 0 Å². The lowest BCUT2D eigenvalue weighted by molar-refractivity contribution is -0.685. The van der Waals surface area contributed by atoms with E-state index in [1.165, 1.54) is 48.6 Å². The lowest BCUT2D eigenvalue weighted by Gasteiger charge is -2.03. The highest BCUT2D eigenvalue weighted by Crippen LogP contribution is 2.46. The van der Waals surface area contributed by atoms with E-state index in [-0.39, 0.29) is 71.9 Å². The number of rotatable bonds is 0. The average molecular weight is 1370 g/mol. The zero-order chi connectivity index (χ0) is 31.7. The molecule has 3 aromatic carbocycles. The molecule has 6 atom stereocenters. The highest BCUT2D eigenvalue weighted by Gasteiger charge is 2.41. The fourth-order valence-electron chi connectivity index (χ4n) is 6.38. The number of halogens is 6. The van der Waals surface area contributed by atoms with Crippen LogP contribution in [-0.4, -0.2) is 29.5 Å². The molecule has 15 heteroatoms. The van der Waals surface area contributed by atoms with Gasteiger partial charge >= 0.3 is 15.5 Å². The highest BCUT2D eigenvalue weighted by molar-refractivity contribution is 14.1. The lowest BCUT2D eigenvalue weighted by Crippen LogP contribution is -3.00. The van der Waals surface area contributed by atoms with Crippen molar-refractivity contribution in [2.75, 3.05) is 0 Å². The largest absolute Gasteiger partial charge is 1.00 e. The first-order chi connectivity index (χ1) is 21.6. The van der Waals surface area contributed by atoms with Crippen molar-refractivity contribution in [2.45, 2.75) is 64.1 Å². The number of fused-ring (bicyclic) bond motifs is 9. The molecule has 258 valence electrons. The van der Waals surface area contributed by atoms with Crippen molar-refractivity contribution in [1.29, 1.82) is 0 Å². The van der Waals surface area contributed by atoms with Crippen LogP contribution in [0.15, 0.2) is 88.3 Å². The Morgan fingerprint density at radius 2 is 0.688 bits per heavy atom. The van der Waals surface area contributed by atoms with E-state index in [0.717, 1.165) is 0 Å².